The van der Waals surface area contributed by atoms with Gasteiger partial charge in [0.2, 0.25) is 0 Å². The first-order valence-electron chi connectivity index (χ1n) is 10.1. The molecule has 4 rings (SSSR count). The largest absolute Gasteiger partial charge is 0.350 e. The minimum Gasteiger partial charge on any atom is -0.350 e. The molecule has 4 aromatic rings. The minimum absolute atomic E-state index is 0.0988. The van der Waals surface area contributed by atoms with Gasteiger partial charge in [-0.1, -0.05) is 24.3 Å². The van der Waals surface area contributed by atoms with E-state index in [1.807, 2.05) is 13.8 Å². The van der Waals surface area contributed by atoms with Gasteiger partial charge < -0.3 is 5.32 Å². The van der Waals surface area contributed by atoms with Crippen LogP contribution in [0.4, 0.5) is 0 Å². The Morgan fingerprint density at radius 3 is 2.34 bits per heavy atom. The molecule has 0 saturated carbocycles. The van der Waals surface area contributed by atoms with Crippen molar-refractivity contribution in [2.75, 3.05) is 6.54 Å². The molecular weight excluding hydrogens is 424 g/mol. The second kappa shape index (κ2) is 8.84. The van der Waals surface area contributed by atoms with Gasteiger partial charge in [0.25, 0.3) is 5.91 Å². The van der Waals surface area contributed by atoms with E-state index in [9.17, 15) is 13.2 Å². The number of aryl methyl sites for hydroxylation is 2. The van der Waals surface area contributed by atoms with Gasteiger partial charge in [0.1, 0.15) is 5.25 Å². The quantitative estimate of drug-likeness (QED) is 0.486. The maximum absolute atomic E-state index is 13.3. The van der Waals surface area contributed by atoms with Crippen LogP contribution in [0.2, 0.25) is 0 Å². The highest BCUT2D eigenvalue weighted by Gasteiger charge is 2.30. The third-order valence-electron chi connectivity index (χ3n) is 5.29. The van der Waals surface area contributed by atoms with Gasteiger partial charge in [0.15, 0.2) is 9.84 Å². The number of nitrogens with zero attached hydrogens (tertiary/aromatic N) is 3. The molecule has 7 nitrogen and oxygen atoms in total. The number of hydrogen-bond acceptors (Lipinski definition) is 6. The summed E-state index contributed by atoms with van der Waals surface area (Å²) in [5, 5.41) is 1.79. The second-order valence-electron chi connectivity index (χ2n) is 7.44. The van der Waals surface area contributed by atoms with Crippen molar-refractivity contribution in [3.63, 3.8) is 0 Å². The molecule has 2 aromatic heterocycles. The molecule has 1 atom stereocenters. The van der Waals surface area contributed by atoms with Crippen LogP contribution in [0.15, 0.2) is 78.0 Å². The number of carbonyl (C=O) groups is 1. The monoisotopic (exact) mass is 446 g/mol. The fraction of sp³-hybridized carbons (Fsp3) is 0.167. The van der Waals surface area contributed by atoms with Crippen molar-refractivity contribution in [2.24, 2.45) is 0 Å². The van der Waals surface area contributed by atoms with E-state index < -0.39 is 15.1 Å². The number of sulfone groups is 1. The van der Waals surface area contributed by atoms with Gasteiger partial charge in [-0.3, -0.25) is 9.78 Å². The molecule has 32 heavy (non-hydrogen) atoms. The van der Waals surface area contributed by atoms with Crippen LogP contribution in [-0.2, 0) is 9.84 Å². The first kappa shape index (κ1) is 21.6. The number of fused-ring (bicyclic) bond motifs is 1. The number of amides is 1. The number of hydrogen-bond donors (Lipinski definition) is 1. The molecule has 2 heterocycles. The molecule has 0 fully saturated rings. The Kier molecular flexibility index (Phi) is 5.96. The van der Waals surface area contributed by atoms with Crippen molar-refractivity contribution >= 4 is 26.8 Å². The summed E-state index contributed by atoms with van der Waals surface area (Å²) in [6.45, 7) is 3.65. The highest BCUT2D eigenvalue weighted by atomic mass is 32.2. The van der Waals surface area contributed by atoms with Crippen LogP contribution in [0.25, 0.3) is 11.0 Å². The number of rotatable bonds is 6. The van der Waals surface area contributed by atoms with E-state index >= 15 is 0 Å². The molecule has 0 aliphatic rings. The summed E-state index contributed by atoms with van der Waals surface area (Å²) in [5.74, 6) is -0.385. The Morgan fingerprint density at radius 2 is 1.66 bits per heavy atom. The van der Waals surface area contributed by atoms with Crippen molar-refractivity contribution in [1.82, 2.24) is 20.3 Å². The normalized spacial score (nSPS) is 12.4. The summed E-state index contributed by atoms with van der Waals surface area (Å²) in [7, 11) is -3.75. The lowest BCUT2D eigenvalue weighted by Crippen LogP contribution is -2.32. The first-order chi connectivity index (χ1) is 15.4. The molecule has 1 unspecified atom stereocenters. The number of carbonyl (C=O) groups excluding carboxylic acids is 1. The molecule has 162 valence electrons. The third-order valence-corrected chi connectivity index (χ3v) is 7.41. The SMILES string of the molecule is Cc1nc2ccc(C(=O)NCC(c3cccnc3)S(=O)(=O)c3ccccc3)cc2nc1C. The fourth-order valence-electron chi connectivity index (χ4n) is 3.41. The Morgan fingerprint density at radius 1 is 0.938 bits per heavy atom. The average molecular weight is 447 g/mol. The topological polar surface area (TPSA) is 102 Å². The predicted octanol–water partition coefficient (Wildman–Crippen LogP) is 3.59. The standard InChI is InChI=1S/C24H22N4O3S/c1-16-17(2)28-22-13-18(10-11-21(22)27-16)24(29)26-15-23(19-7-6-12-25-14-19)32(30,31)20-8-4-3-5-9-20/h3-14,23H,15H2,1-2H3,(H,26,29). The van der Waals surface area contributed by atoms with Crippen LogP contribution in [0.3, 0.4) is 0 Å². The highest BCUT2D eigenvalue weighted by Crippen LogP contribution is 2.28. The van der Waals surface area contributed by atoms with Crippen LogP contribution in [0.5, 0.6) is 0 Å². The summed E-state index contributed by atoms with van der Waals surface area (Å²) in [5.41, 5.74) is 3.83. The lowest BCUT2D eigenvalue weighted by molar-refractivity contribution is 0.0954. The Balaban J connectivity index is 1.62. The van der Waals surface area contributed by atoms with Crippen LogP contribution in [-0.4, -0.2) is 35.8 Å². The second-order valence-corrected chi connectivity index (χ2v) is 9.57. The number of nitrogens with one attached hydrogen (secondary N) is 1. The van der Waals surface area contributed by atoms with Gasteiger partial charge in [-0.2, -0.15) is 0 Å². The van der Waals surface area contributed by atoms with E-state index in [0.717, 1.165) is 11.4 Å². The van der Waals surface area contributed by atoms with Crippen LogP contribution in [0, 0.1) is 13.8 Å². The molecule has 0 saturated heterocycles. The molecular formula is C24H22N4O3S. The maximum atomic E-state index is 13.3. The van der Waals surface area contributed by atoms with Crippen molar-refractivity contribution in [3.8, 4) is 0 Å². The van der Waals surface area contributed by atoms with Gasteiger partial charge in [-0.25, -0.2) is 18.4 Å². The Bertz CT molecular complexity index is 1370. The molecule has 1 amide bonds. The van der Waals surface area contributed by atoms with Gasteiger partial charge in [-0.15, -0.1) is 0 Å². The number of aromatic nitrogens is 3. The van der Waals surface area contributed by atoms with E-state index in [4.69, 9.17) is 0 Å². The van der Waals surface area contributed by atoms with E-state index in [-0.39, 0.29) is 17.3 Å². The lowest BCUT2D eigenvalue weighted by atomic mass is 10.1. The van der Waals surface area contributed by atoms with Crippen LogP contribution >= 0.6 is 0 Å². The van der Waals surface area contributed by atoms with E-state index in [1.54, 1.807) is 66.9 Å². The molecule has 0 radical (unpaired) electrons. The fourth-order valence-corrected chi connectivity index (χ4v) is 5.07. The minimum atomic E-state index is -3.75. The molecule has 0 aliphatic carbocycles. The van der Waals surface area contributed by atoms with Gasteiger partial charge in [0.05, 0.1) is 27.3 Å². The smallest absolute Gasteiger partial charge is 0.251 e. The van der Waals surface area contributed by atoms with Gasteiger partial charge in [0, 0.05) is 24.5 Å². The van der Waals surface area contributed by atoms with Crippen LogP contribution < -0.4 is 5.32 Å². The molecule has 2 aromatic carbocycles. The maximum Gasteiger partial charge on any atom is 0.251 e. The van der Waals surface area contributed by atoms with Gasteiger partial charge in [-0.05, 0) is 55.8 Å². The zero-order valence-corrected chi connectivity index (χ0v) is 18.5. The third kappa shape index (κ3) is 4.36. The first-order valence-corrected chi connectivity index (χ1v) is 11.6. The van der Waals surface area contributed by atoms with Crippen molar-refractivity contribution in [2.45, 2.75) is 24.0 Å². The van der Waals surface area contributed by atoms with Crippen LogP contribution in [0.1, 0.15) is 32.6 Å². The summed E-state index contributed by atoms with van der Waals surface area (Å²) in [6.07, 6.45) is 3.09. The zero-order chi connectivity index (χ0) is 22.7. The molecule has 8 heteroatoms. The summed E-state index contributed by atoms with van der Waals surface area (Å²) in [6, 6.07) is 16.6. The summed E-state index contributed by atoms with van der Waals surface area (Å²) < 4.78 is 26.7. The predicted molar refractivity (Wildman–Crippen MR) is 122 cm³/mol. The highest BCUT2D eigenvalue weighted by molar-refractivity contribution is 7.91. The average Bonchev–Trinajstić information content (AvgIpc) is 2.80. The van der Waals surface area contributed by atoms with E-state index in [0.29, 0.717) is 22.2 Å². The molecule has 1 N–H and O–H groups in total. The lowest BCUT2D eigenvalue weighted by Gasteiger charge is -2.19. The van der Waals surface area contributed by atoms with Crippen molar-refractivity contribution in [3.05, 3.63) is 95.6 Å². The summed E-state index contributed by atoms with van der Waals surface area (Å²) >= 11 is 0. The Labute approximate surface area is 186 Å². The van der Waals surface area contributed by atoms with Crippen molar-refractivity contribution in [1.29, 1.82) is 0 Å². The zero-order valence-electron chi connectivity index (χ0n) is 17.7. The number of benzene rings is 2. The molecule has 0 bridgehead atoms. The van der Waals surface area contributed by atoms with E-state index in [2.05, 4.69) is 20.3 Å². The molecule has 0 aliphatic heterocycles. The van der Waals surface area contributed by atoms with Gasteiger partial charge >= 0.3 is 0 Å². The molecule has 0 spiro atoms. The number of pyridine rings is 1. The van der Waals surface area contributed by atoms with E-state index in [1.165, 1.54) is 6.20 Å². The summed E-state index contributed by atoms with van der Waals surface area (Å²) in [4.78, 5) is 26.1. The Hall–Kier alpha value is -3.65. The van der Waals surface area contributed by atoms with Crippen molar-refractivity contribution < 1.29 is 13.2 Å².